The van der Waals surface area contributed by atoms with Crippen LogP contribution in [0.4, 0.5) is 4.79 Å². The number of ether oxygens (including phenoxy) is 1. The third-order valence-electron chi connectivity index (χ3n) is 5.25. The van der Waals surface area contributed by atoms with Crippen LogP contribution >= 0.6 is 0 Å². The average molecular weight is 392 g/mol. The fourth-order valence-electron chi connectivity index (χ4n) is 3.76. The van der Waals surface area contributed by atoms with Gasteiger partial charge in [0.2, 0.25) is 0 Å². The zero-order valence-corrected chi connectivity index (χ0v) is 16.3. The van der Waals surface area contributed by atoms with Gasteiger partial charge in [-0.25, -0.2) is 9.59 Å². The number of nitrogens with two attached hydrogens (primary N) is 1. The van der Waals surface area contributed by atoms with Gasteiger partial charge in [0.15, 0.2) is 0 Å². The first kappa shape index (κ1) is 20.4. The fraction of sp³-hybridized carbons (Fsp3) is 0.304. The molecular weight excluding hydrogens is 368 g/mol. The Kier molecular flexibility index (Phi) is 6.20. The van der Waals surface area contributed by atoms with Crippen molar-refractivity contribution in [1.29, 1.82) is 0 Å². The van der Waals surface area contributed by atoms with Gasteiger partial charge in [-0.1, -0.05) is 60.5 Å². The van der Waals surface area contributed by atoms with Gasteiger partial charge in [-0.15, -0.1) is 0 Å². The van der Waals surface area contributed by atoms with E-state index in [2.05, 4.69) is 16.6 Å². The summed E-state index contributed by atoms with van der Waals surface area (Å²) in [5, 5.41) is 9.71. The first-order valence-corrected chi connectivity index (χ1v) is 9.47. The Morgan fingerprint density at radius 3 is 2.62 bits per heavy atom. The van der Waals surface area contributed by atoms with Gasteiger partial charge in [0, 0.05) is 12.5 Å². The summed E-state index contributed by atoms with van der Waals surface area (Å²) in [6.07, 6.45) is 0.450. The molecule has 0 aromatic heterocycles. The lowest BCUT2D eigenvalue weighted by Crippen LogP contribution is -2.63. The van der Waals surface area contributed by atoms with Crippen LogP contribution in [0.1, 0.15) is 18.4 Å². The molecule has 1 aliphatic rings. The van der Waals surface area contributed by atoms with Gasteiger partial charge in [-0.3, -0.25) is 0 Å². The van der Waals surface area contributed by atoms with Crippen LogP contribution in [0.15, 0.2) is 54.6 Å². The number of carbonyl (C=O) groups is 2. The summed E-state index contributed by atoms with van der Waals surface area (Å²) < 4.78 is 4.58. The van der Waals surface area contributed by atoms with Crippen LogP contribution in [0, 0.1) is 11.8 Å². The number of hydrogen-bond donors (Lipinski definition) is 2. The number of nitrogens with zero attached hydrogens (tertiary/aromatic N) is 1. The molecule has 6 nitrogen and oxygen atoms in total. The Morgan fingerprint density at radius 1 is 1.21 bits per heavy atom. The highest BCUT2D eigenvalue weighted by molar-refractivity contribution is 5.88. The maximum absolute atomic E-state index is 11.9. The second-order valence-electron chi connectivity index (χ2n) is 7.15. The van der Waals surface area contributed by atoms with Crippen molar-refractivity contribution in [3.63, 3.8) is 0 Å². The molecule has 2 unspecified atom stereocenters. The fourth-order valence-corrected chi connectivity index (χ4v) is 3.76. The van der Waals surface area contributed by atoms with Crippen LogP contribution in [-0.4, -0.2) is 47.3 Å². The second kappa shape index (κ2) is 8.80. The normalized spacial score (nSPS) is 21.0. The van der Waals surface area contributed by atoms with Crippen LogP contribution in [-0.2, 0) is 16.0 Å². The van der Waals surface area contributed by atoms with Crippen LogP contribution in [0.3, 0.4) is 0 Å². The van der Waals surface area contributed by atoms with E-state index in [1.165, 1.54) is 12.0 Å². The molecule has 6 heteroatoms. The quantitative estimate of drug-likeness (QED) is 0.476. The van der Waals surface area contributed by atoms with E-state index >= 15 is 0 Å². The average Bonchev–Trinajstić information content (AvgIpc) is 2.74. The van der Waals surface area contributed by atoms with E-state index < -0.39 is 23.6 Å². The molecule has 2 aromatic carbocycles. The van der Waals surface area contributed by atoms with Gasteiger partial charge in [0.05, 0.1) is 18.7 Å². The molecular formula is C23H24N2O4. The molecule has 3 rings (SSSR count). The van der Waals surface area contributed by atoms with Crippen molar-refractivity contribution in [1.82, 2.24) is 4.90 Å². The molecule has 1 amide bonds. The number of amides is 1. The monoisotopic (exact) mass is 392 g/mol. The number of likely N-dealkylation sites (tertiary alicyclic amines) is 1. The first-order chi connectivity index (χ1) is 13.9. The molecule has 3 N–H and O–H groups in total. The number of hydrogen-bond acceptors (Lipinski definition) is 4. The standard InChI is InChI=1S/C23H24N2O4/c1-29-21(26)11-13-23(24)12-6-14-25(22(27)28)20(23)16-17-7-5-10-19(15-17)18-8-3-2-4-9-18/h2-5,7-10,15,20H,6,12,14,16,24H2,1H3,(H,27,28). The largest absolute Gasteiger partial charge is 0.465 e. The minimum atomic E-state index is -1.13. The van der Waals surface area contributed by atoms with Crippen LogP contribution in [0.25, 0.3) is 11.1 Å². The highest BCUT2D eigenvalue weighted by Crippen LogP contribution is 2.29. The van der Waals surface area contributed by atoms with Crippen LogP contribution in [0.2, 0.25) is 0 Å². The lowest BCUT2D eigenvalue weighted by Gasteiger charge is -2.44. The molecule has 0 bridgehead atoms. The number of piperidine rings is 1. The summed E-state index contributed by atoms with van der Waals surface area (Å²) >= 11 is 0. The molecule has 29 heavy (non-hydrogen) atoms. The summed E-state index contributed by atoms with van der Waals surface area (Å²) in [6.45, 7) is 0.386. The molecule has 1 fully saturated rings. The molecule has 2 aromatic rings. The van der Waals surface area contributed by atoms with E-state index in [0.29, 0.717) is 25.8 Å². The van der Waals surface area contributed by atoms with E-state index in [1.807, 2.05) is 54.6 Å². The zero-order valence-electron chi connectivity index (χ0n) is 16.3. The van der Waals surface area contributed by atoms with Crippen molar-refractivity contribution < 1.29 is 19.4 Å². The zero-order chi connectivity index (χ0) is 20.9. The lowest BCUT2D eigenvalue weighted by atomic mass is 9.79. The predicted octanol–water partition coefficient (Wildman–Crippen LogP) is 2.91. The van der Waals surface area contributed by atoms with Crippen LogP contribution < -0.4 is 5.73 Å². The Hall–Kier alpha value is -3.30. The Balaban J connectivity index is 1.94. The third kappa shape index (κ3) is 4.76. The van der Waals surface area contributed by atoms with E-state index in [1.54, 1.807) is 0 Å². The van der Waals surface area contributed by atoms with E-state index in [9.17, 15) is 14.7 Å². The van der Waals surface area contributed by atoms with Crippen molar-refractivity contribution in [2.45, 2.75) is 30.8 Å². The minimum Gasteiger partial charge on any atom is -0.465 e. The van der Waals surface area contributed by atoms with E-state index in [-0.39, 0.29) is 0 Å². The molecule has 0 radical (unpaired) electrons. The third-order valence-corrected chi connectivity index (χ3v) is 5.25. The van der Waals surface area contributed by atoms with Crippen molar-refractivity contribution in [3.05, 3.63) is 60.2 Å². The lowest BCUT2D eigenvalue weighted by molar-refractivity contribution is -0.133. The van der Waals surface area contributed by atoms with Gasteiger partial charge in [-0.05, 0) is 36.0 Å². The van der Waals surface area contributed by atoms with Crippen molar-refractivity contribution >= 4 is 12.1 Å². The predicted molar refractivity (Wildman–Crippen MR) is 110 cm³/mol. The molecule has 0 aliphatic carbocycles. The SMILES string of the molecule is COC(=O)C#CC1(N)CCCN(C(=O)O)C1Cc1cccc(-c2ccccc2)c1. The van der Waals surface area contributed by atoms with Gasteiger partial charge in [-0.2, -0.15) is 0 Å². The number of carboxylic acid groups (broad SMARTS) is 1. The second-order valence-corrected chi connectivity index (χ2v) is 7.15. The number of rotatable bonds is 3. The van der Waals surface area contributed by atoms with E-state index in [0.717, 1.165) is 16.7 Å². The summed E-state index contributed by atoms with van der Waals surface area (Å²) in [6, 6.07) is 17.3. The van der Waals surface area contributed by atoms with Gasteiger partial charge in [0.1, 0.15) is 0 Å². The maximum atomic E-state index is 11.9. The summed E-state index contributed by atoms with van der Waals surface area (Å²) in [7, 11) is 1.25. The first-order valence-electron chi connectivity index (χ1n) is 9.47. The molecule has 2 atom stereocenters. The highest BCUT2D eigenvalue weighted by Gasteiger charge is 2.43. The molecule has 150 valence electrons. The topological polar surface area (TPSA) is 92.9 Å². The smallest absolute Gasteiger partial charge is 0.407 e. The van der Waals surface area contributed by atoms with Gasteiger partial charge in [0.25, 0.3) is 0 Å². The van der Waals surface area contributed by atoms with Crippen molar-refractivity contribution in [2.75, 3.05) is 13.7 Å². The maximum Gasteiger partial charge on any atom is 0.407 e. The Bertz CT molecular complexity index is 948. The number of carbonyl (C=O) groups excluding carboxylic acids is 1. The Labute approximate surface area is 170 Å². The summed E-state index contributed by atoms with van der Waals surface area (Å²) in [5.41, 5.74) is 8.50. The number of esters is 1. The summed E-state index contributed by atoms with van der Waals surface area (Å²) in [5.74, 6) is 4.51. The molecule has 1 aliphatic heterocycles. The Morgan fingerprint density at radius 2 is 1.93 bits per heavy atom. The van der Waals surface area contributed by atoms with Crippen LogP contribution in [0.5, 0.6) is 0 Å². The molecule has 0 saturated carbocycles. The molecule has 0 spiro atoms. The van der Waals surface area contributed by atoms with Gasteiger partial charge >= 0.3 is 12.1 Å². The van der Waals surface area contributed by atoms with Crippen molar-refractivity contribution in [2.24, 2.45) is 5.73 Å². The molecule has 1 saturated heterocycles. The van der Waals surface area contributed by atoms with Crippen molar-refractivity contribution in [3.8, 4) is 23.0 Å². The summed E-state index contributed by atoms with van der Waals surface area (Å²) in [4.78, 5) is 24.7. The molecule has 1 heterocycles. The number of benzene rings is 2. The van der Waals surface area contributed by atoms with E-state index in [4.69, 9.17) is 5.73 Å². The van der Waals surface area contributed by atoms with Gasteiger partial charge < -0.3 is 20.5 Å². The highest BCUT2D eigenvalue weighted by atomic mass is 16.5. The number of methoxy groups -OCH3 is 1. The minimum absolute atomic E-state index is 0.386.